The predicted octanol–water partition coefficient (Wildman–Crippen LogP) is 4.06. The number of phenols is 1. The number of nitrogens with one attached hydrogen (secondary N) is 1. The van der Waals surface area contributed by atoms with Crippen LogP contribution in [0.15, 0.2) is 50.9 Å². The van der Waals surface area contributed by atoms with Crippen LogP contribution in [0.5, 0.6) is 11.5 Å². The number of ether oxygens (including phenoxy) is 1. The second kappa shape index (κ2) is 8.96. The van der Waals surface area contributed by atoms with Crippen LogP contribution in [0.3, 0.4) is 0 Å². The van der Waals surface area contributed by atoms with Crippen LogP contribution in [0.25, 0.3) is 0 Å². The zero-order chi connectivity index (χ0) is 17.5. The van der Waals surface area contributed by atoms with Gasteiger partial charge in [-0.1, -0.05) is 27.5 Å². The van der Waals surface area contributed by atoms with E-state index in [4.69, 9.17) is 16.3 Å². The van der Waals surface area contributed by atoms with Crippen molar-refractivity contribution in [2.75, 3.05) is 12.9 Å². The van der Waals surface area contributed by atoms with E-state index in [2.05, 4.69) is 26.5 Å². The van der Waals surface area contributed by atoms with Crippen molar-refractivity contribution in [3.8, 4) is 11.5 Å². The van der Waals surface area contributed by atoms with Gasteiger partial charge in [-0.3, -0.25) is 4.79 Å². The van der Waals surface area contributed by atoms with Gasteiger partial charge in [0, 0.05) is 20.0 Å². The van der Waals surface area contributed by atoms with Crippen LogP contribution in [0, 0.1) is 0 Å². The molecule has 0 bridgehead atoms. The number of hydrogen-bond acceptors (Lipinski definition) is 5. The molecule has 0 aliphatic heterocycles. The summed E-state index contributed by atoms with van der Waals surface area (Å²) in [6.07, 6.45) is 1.35. The van der Waals surface area contributed by atoms with Crippen molar-refractivity contribution < 1.29 is 14.6 Å². The van der Waals surface area contributed by atoms with Gasteiger partial charge >= 0.3 is 0 Å². The summed E-state index contributed by atoms with van der Waals surface area (Å²) in [5.74, 6) is 0.226. The molecule has 24 heavy (non-hydrogen) atoms. The quantitative estimate of drug-likeness (QED) is 0.413. The fourth-order valence-electron chi connectivity index (χ4n) is 1.73. The number of thioether (sulfide) groups is 1. The van der Waals surface area contributed by atoms with Crippen molar-refractivity contribution in [1.82, 2.24) is 5.43 Å². The fraction of sp³-hybridized carbons (Fsp3) is 0.125. The Kier molecular flexibility index (Phi) is 6.96. The van der Waals surface area contributed by atoms with Crippen LogP contribution in [-0.2, 0) is 4.79 Å². The van der Waals surface area contributed by atoms with E-state index in [1.165, 1.54) is 25.1 Å². The van der Waals surface area contributed by atoms with Gasteiger partial charge in [0.25, 0.3) is 0 Å². The highest BCUT2D eigenvalue weighted by atomic mass is 79.9. The third-order valence-electron chi connectivity index (χ3n) is 2.87. The van der Waals surface area contributed by atoms with Gasteiger partial charge in [-0.05, 0) is 36.4 Å². The Morgan fingerprint density at radius 3 is 2.79 bits per heavy atom. The number of benzene rings is 2. The number of nitrogens with zero attached hydrogens (tertiary/aromatic N) is 1. The van der Waals surface area contributed by atoms with Crippen molar-refractivity contribution in [3.63, 3.8) is 0 Å². The smallest absolute Gasteiger partial charge is 0.250 e. The Morgan fingerprint density at radius 1 is 1.42 bits per heavy atom. The topological polar surface area (TPSA) is 70.9 Å². The molecule has 0 atom stereocenters. The Labute approximate surface area is 157 Å². The van der Waals surface area contributed by atoms with Gasteiger partial charge in [0.1, 0.15) is 0 Å². The molecule has 2 aromatic carbocycles. The first-order valence-corrected chi connectivity index (χ1v) is 8.92. The summed E-state index contributed by atoms with van der Waals surface area (Å²) in [6, 6.07) is 10.5. The molecule has 5 nitrogen and oxygen atoms in total. The summed E-state index contributed by atoms with van der Waals surface area (Å²) in [5, 5.41) is 14.5. The van der Waals surface area contributed by atoms with Crippen molar-refractivity contribution in [1.29, 1.82) is 0 Å². The monoisotopic (exact) mass is 428 g/mol. The van der Waals surface area contributed by atoms with Gasteiger partial charge < -0.3 is 9.84 Å². The van der Waals surface area contributed by atoms with Gasteiger partial charge in [0.2, 0.25) is 5.91 Å². The van der Waals surface area contributed by atoms with E-state index in [0.717, 1.165) is 9.37 Å². The molecule has 2 aromatic rings. The summed E-state index contributed by atoms with van der Waals surface area (Å²) in [5.41, 5.74) is 2.84. The predicted molar refractivity (Wildman–Crippen MR) is 100 cm³/mol. The Hall–Kier alpha value is -1.70. The number of carbonyl (C=O) groups excluding carboxylic acids is 1. The van der Waals surface area contributed by atoms with E-state index < -0.39 is 0 Å². The minimum absolute atomic E-state index is 0.0470. The molecule has 0 unspecified atom stereocenters. The van der Waals surface area contributed by atoms with Gasteiger partial charge in [-0.15, -0.1) is 11.8 Å². The van der Waals surface area contributed by atoms with E-state index >= 15 is 0 Å². The maximum atomic E-state index is 11.8. The van der Waals surface area contributed by atoms with E-state index in [-0.39, 0.29) is 17.4 Å². The molecular weight excluding hydrogens is 416 g/mol. The number of rotatable bonds is 6. The number of methoxy groups -OCH3 is 1. The number of phenolic OH excluding ortho intramolecular Hbond substituents is 1. The second-order valence-corrected chi connectivity index (χ2v) is 6.98. The molecule has 0 fully saturated rings. The number of hydrazone groups is 1. The summed E-state index contributed by atoms with van der Waals surface area (Å²) in [6.45, 7) is 0. The molecule has 8 heteroatoms. The van der Waals surface area contributed by atoms with E-state index in [0.29, 0.717) is 16.3 Å². The van der Waals surface area contributed by atoms with Crippen LogP contribution in [0.1, 0.15) is 5.56 Å². The zero-order valence-electron chi connectivity index (χ0n) is 12.6. The minimum Gasteiger partial charge on any atom is -0.504 e. The molecule has 2 rings (SSSR count). The Balaban J connectivity index is 1.90. The molecule has 0 aliphatic carbocycles. The molecule has 0 heterocycles. The summed E-state index contributed by atoms with van der Waals surface area (Å²) in [4.78, 5) is 12.7. The maximum absolute atomic E-state index is 11.8. The average Bonchev–Trinajstić information content (AvgIpc) is 2.57. The summed E-state index contributed by atoms with van der Waals surface area (Å²) in [7, 11) is 1.46. The van der Waals surface area contributed by atoms with Gasteiger partial charge in [-0.25, -0.2) is 5.43 Å². The molecule has 0 spiro atoms. The highest BCUT2D eigenvalue weighted by Gasteiger charge is 2.08. The normalized spacial score (nSPS) is 10.8. The van der Waals surface area contributed by atoms with Crippen LogP contribution < -0.4 is 10.2 Å². The summed E-state index contributed by atoms with van der Waals surface area (Å²) < 4.78 is 5.77. The Bertz CT molecular complexity index is 754. The standard InChI is InChI=1S/C16H14BrClN2O3S/c1-23-14-7-11(17)6-10(16(14)22)8-19-20-15(21)9-24-13-4-2-12(18)3-5-13/h2-8,22H,9H2,1H3,(H,20,21)/b19-8-. The molecule has 0 radical (unpaired) electrons. The first-order chi connectivity index (χ1) is 11.5. The van der Waals surface area contributed by atoms with Gasteiger partial charge in [0.15, 0.2) is 11.5 Å². The minimum atomic E-state index is -0.257. The van der Waals surface area contributed by atoms with E-state index in [9.17, 15) is 9.90 Å². The third kappa shape index (κ3) is 5.43. The average molecular weight is 430 g/mol. The van der Waals surface area contributed by atoms with Crippen LogP contribution in [0.4, 0.5) is 0 Å². The zero-order valence-corrected chi connectivity index (χ0v) is 15.8. The SMILES string of the molecule is COc1cc(Br)cc(/C=N\NC(=O)CSc2ccc(Cl)cc2)c1O. The van der Waals surface area contributed by atoms with Crippen molar-refractivity contribution in [3.05, 3.63) is 51.5 Å². The van der Waals surface area contributed by atoms with Gasteiger partial charge in [0.05, 0.1) is 19.1 Å². The van der Waals surface area contributed by atoms with Crippen LogP contribution in [0.2, 0.25) is 5.02 Å². The highest BCUT2D eigenvalue weighted by molar-refractivity contribution is 9.10. The van der Waals surface area contributed by atoms with E-state index in [1.54, 1.807) is 24.3 Å². The van der Waals surface area contributed by atoms with Gasteiger partial charge in [-0.2, -0.15) is 5.10 Å². The number of halogens is 2. The first-order valence-electron chi connectivity index (χ1n) is 6.76. The second-order valence-electron chi connectivity index (χ2n) is 4.58. The summed E-state index contributed by atoms with van der Waals surface area (Å²) >= 11 is 10.5. The first kappa shape index (κ1) is 18.6. The van der Waals surface area contributed by atoms with Crippen molar-refractivity contribution in [2.45, 2.75) is 4.90 Å². The lowest BCUT2D eigenvalue weighted by Gasteiger charge is -2.06. The Morgan fingerprint density at radius 2 is 2.12 bits per heavy atom. The van der Waals surface area contributed by atoms with Crippen molar-refractivity contribution in [2.24, 2.45) is 5.10 Å². The molecule has 0 saturated heterocycles. The fourth-order valence-corrected chi connectivity index (χ4v) is 3.01. The molecular formula is C16H14BrClN2O3S. The van der Waals surface area contributed by atoms with Crippen molar-refractivity contribution >= 4 is 51.4 Å². The molecule has 126 valence electrons. The lowest BCUT2D eigenvalue weighted by Crippen LogP contribution is -2.19. The largest absolute Gasteiger partial charge is 0.504 e. The molecule has 0 aliphatic rings. The van der Waals surface area contributed by atoms with E-state index in [1.807, 2.05) is 12.1 Å². The lowest BCUT2D eigenvalue weighted by molar-refractivity contribution is -0.118. The number of carbonyl (C=O) groups is 1. The van der Waals surface area contributed by atoms with Crippen LogP contribution in [-0.4, -0.2) is 30.1 Å². The number of aromatic hydroxyl groups is 1. The molecule has 2 N–H and O–H groups in total. The molecule has 1 amide bonds. The number of hydrogen-bond donors (Lipinski definition) is 2. The highest BCUT2D eigenvalue weighted by Crippen LogP contribution is 2.32. The maximum Gasteiger partial charge on any atom is 0.250 e. The lowest BCUT2D eigenvalue weighted by atomic mass is 10.2. The number of amides is 1. The third-order valence-corrected chi connectivity index (χ3v) is 4.59. The molecule has 0 saturated carbocycles. The van der Waals surface area contributed by atoms with Crippen LogP contribution >= 0.6 is 39.3 Å². The molecule has 0 aromatic heterocycles.